The van der Waals surface area contributed by atoms with Crippen LogP contribution in [0.4, 0.5) is 5.69 Å². The minimum atomic E-state index is -3.87. The molecule has 8 heteroatoms. The van der Waals surface area contributed by atoms with Crippen LogP contribution in [-0.2, 0) is 14.8 Å². The Morgan fingerprint density at radius 1 is 1.06 bits per heavy atom. The highest BCUT2D eigenvalue weighted by molar-refractivity contribution is 7.92. The predicted molar refractivity (Wildman–Crippen MR) is 126 cm³/mol. The van der Waals surface area contributed by atoms with Crippen LogP contribution in [-0.4, -0.2) is 40.1 Å². The minimum Gasteiger partial charge on any atom is -0.491 e. The lowest BCUT2D eigenvalue weighted by molar-refractivity contribution is -0.127. The summed E-state index contributed by atoms with van der Waals surface area (Å²) in [5.74, 6) is 0.714. The van der Waals surface area contributed by atoms with Gasteiger partial charge >= 0.3 is 0 Å². The second-order valence-electron chi connectivity index (χ2n) is 7.83. The predicted octanol–water partition coefficient (Wildman–Crippen LogP) is 3.45. The van der Waals surface area contributed by atoms with Crippen molar-refractivity contribution in [2.75, 3.05) is 24.0 Å². The van der Waals surface area contributed by atoms with Crippen LogP contribution < -0.4 is 19.1 Å². The molecule has 1 amide bonds. The first-order valence-corrected chi connectivity index (χ1v) is 12.1. The molecule has 0 fully saturated rings. The number of carbonyl (C=O) groups is 1. The molecular formula is C25H26N2O5S. The summed E-state index contributed by atoms with van der Waals surface area (Å²) < 4.78 is 39.6. The van der Waals surface area contributed by atoms with Crippen molar-refractivity contribution in [1.82, 2.24) is 5.32 Å². The number of nitrogens with one attached hydrogen (secondary N) is 1. The van der Waals surface area contributed by atoms with Crippen molar-refractivity contribution in [2.45, 2.75) is 24.8 Å². The van der Waals surface area contributed by atoms with Gasteiger partial charge in [0.25, 0.3) is 15.9 Å². The number of carbonyl (C=O) groups excluding carboxylic acids is 1. The first-order valence-electron chi connectivity index (χ1n) is 10.7. The summed E-state index contributed by atoms with van der Waals surface area (Å²) in [6.45, 7) is 4.25. The average molecular weight is 467 g/mol. The van der Waals surface area contributed by atoms with E-state index in [0.29, 0.717) is 11.4 Å². The zero-order chi connectivity index (χ0) is 23.4. The molecule has 0 aliphatic carbocycles. The number of aryl methyl sites for hydroxylation is 2. The lowest BCUT2D eigenvalue weighted by atomic mass is 10.1. The van der Waals surface area contributed by atoms with Gasteiger partial charge in [-0.2, -0.15) is 0 Å². The van der Waals surface area contributed by atoms with Crippen LogP contribution in [0.3, 0.4) is 0 Å². The van der Waals surface area contributed by atoms with Crippen LogP contribution in [0.5, 0.6) is 11.5 Å². The Morgan fingerprint density at radius 2 is 1.79 bits per heavy atom. The van der Waals surface area contributed by atoms with Crippen LogP contribution in [0.1, 0.15) is 11.1 Å². The molecule has 0 radical (unpaired) electrons. The third-order valence-electron chi connectivity index (χ3n) is 5.36. The number of rotatable bonds is 7. The van der Waals surface area contributed by atoms with Crippen LogP contribution in [0.2, 0.25) is 0 Å². The molecule has 1 aliphatic rings. The van der Waals surface area contributed by atoms with E-state index in [4.69, 9.17) is 9.47 Å². The second kappa shape index (κ2) is 9.54. The van der Waals surface area contributed by atoms with Crippen LogP contribution in [0.25, 0.3) is 0 Å². The van der Waals surface area contributed by atoms with Crippen molar-refractivity contribution in [3.05, 3.63) is 83.9 Å². The molecule has 1 aliphatic heterocycles. The van der Waals surface area contributed by atoms with Crippen LogP contribution >= 0.6 is 0 Å². The van der Waals surface area contributed by atoms with E-state index in [-0.39, 0.29) is 24.6 Å². The quantitative estimate of drug-likeness (QED) is 0.539. The van der Waals surface area contributed by atoms with Gasteiger partial charge in [-0.25, -0.2) is 8.42 Å². The first-order chi connectivity index (χ1) is 15.9. The van der Waals surface area contributed by atoms with Gasteiger partial charge in [0.05, 0.1) is 23.7 Å². The molecule has 4 rings (SSSR count). The normalized spacial score (nSPS) is 15.3. The Labute approximate surface area is 194 Å². The number of ether oxygens (including phenoxy) is 2. The molecule has 33 heavy (non-hydrogen) atoms. The third kappa shape index (κ3) is 4.96. The second-order valence-corrected chi connectivity index (χ2v) is 9.69. The molecule has 0 aromatic heterocycles. The van der Waals surface area contributed by atoms with E-state index in [9.17, 15) is 13.2 Å². The molecule has 1 atom stereocenters. The number of hydrogen-bond donors (Lipinski definition) is 1. The van der Waals surface area contributed by atoms with Crippen molar-refractivity contribution in [3.63, 3.8) is 0 Å². The standard InChI is InChI=1S/C25H26N2O5S/c1-18-12-13-21-23(16-18)32-24(17-27(21)33(29,30)20-9-4-3-5-10-20)25(28)26-14-15-31-22-11-7-6-8-19(22)2/h3-13,16,24H,14-15,17H2,1-2H3,(H,26,28). The molecule has 172 valence electrons. The molecule has 0 saturated heterocycles. The van der Waals surface area contributed by atoms with Gasteiger partial charge < -0.3 is 14.8 Å². The van der Waals surface area contributed by atoms with Crippen molar-refractivity contribution >= 4 is 21.6 Å². The summed E-state index contributed by atoms with van der Waals surface area (Å²) in [4.78, 5) is 13.0. The lowest BCUT2D eigenvalue weighted by Crippen LogP contribution is -2.51. The molecule has 7 nitrogen and oxygen atoms in total. The first kappa shape index (κ1) is 22.7. The van der Waals surface area contributed by atoms with Gasteiger partial charge in [-0.3, -0.25) is 9.10 Å². The maximum atomic E-state index is 13.4. The number of fused-ring (bicyclic) bond motifs is 1. The topological polar surface area (TPSA) is 84.9 Å². The molecule has 0 bridgehead atoms. The van der Waals surface area contributed by atoms with E-state index in [2.05, 4.69) is 5.32 Å². The monoisotopic (exact) mass is 466 g/mol. The van der Waals surface area contributed by atoms with E-state index < -0.39 is 22.0 Å². The zero-order valence-electron chi connectivity index (χ0n) is 18.5. The minimum absolute atomic E-state index is 0.127. The van der Waals surface area contributed by atoms with E-state index in [1.807, 2.05) is 44.2 Å². The number of benzene rings is 3. The Bertz CT molecular complexity index is 1240. The molecule has 3 aromatic rings. The van der Waals surface area contributed by atoms with Crippen LogP contribution in [0.15, 0.2) is 77.7 Å². The fraction of sp³-hybridized carbons (Fsp3) is 0.240. The van der Waals surface area contributed by atoms with Gasteiger partial charge in [0.2, 0.25) is 0 Å². The molecule has 1 N–H and O–H groups in total. The molecule has 0 saturated carbocycles. The van der Waals surface area contributed by atoms with E-state index in [1.165, 1.54) is 16.4 Å². The number of nitrogens with zero attached hydrogens (tertiary/aromatic N) is 1. The molecule has 0 spiro atoms. The maximum absolute atomic E-state index is 13.4. The molecule has 1 unspecified atom stereocenters. The fourth-order valence-corrected chi connectivity index (χ4v) is 5.11. The summed E-state index contributed by atoms with van der Waals surface area (Å²) in [5.41, 5.74) is 2.32. The van der Waals surface area contributed by atoms with Crippen molar-refractivity contribution in [2.24, 2.45) is 0 Å². The van der Waals surface area contributed by atoms with Crippen LogP contribution in [0, 0.1) is 13.8 Å². The molecule has 1 heterocycles. The van der Waals surface area contributed by atoms with E-state index in [0.717, 1.165) is 16.9 Å². The van der Waals surface area contributed by atoms with Gasteiger partial charge in [-0.1, -0.05) is 42.5 Å². The highest BCUT2D eigenvalue weighted by Crippen LogP contribution is 2.37. The zero-order valence-corrected chi connectivity index (χ0v) is 19.3. The smallest absolute Gasteiger partial charge is 0.264 e. The molecule has 3 aromatic carbocycles. The number of sulfonamides is 1. The highest BCUT2D eigenvalue weighted by Gasteiger charge is 2.37. The van der Waals surface area contributed by atoms with E-state index >= 15 is 0 Å². The van der Waals surface area contributed by atoms with Gasteiger partial charge in [0.1, 0.15) is 18.1 Å². The summed E-state index contributed by atoms with van der Waals surface area (Å²) in [6.07, 6.45) is -0.990. The van der Waals surface area contributed by atoms with Gasteiger partial charge in [0, 0.05) is 0 Å². The number of anilines is 1. The Balaban J connectivity index is 1.49. The summed E-state index contributed by atoms with van der Waals surface area (Å²) in [7, 11) is -3.87. The number of hydrogen-bond acceptors (Lipinski definition) is 5. The summed E-state index contributed by atoms with van der Waals surface area (Å²) in [6, 6.07) is 21.1. The summed E-state index contributed by atoms with van der Waals surface area (Å²) in [5, 5.41) is 2.79. The number of amides is 1. The van der Waals surface area contributed by atoms with E-state index in [1.54, 1.807) is 30.3 Å². The van der Waals surface area contributed by atoms with Crippen molar-refractivity contribution in [1.29, 1.82) is 0 Å². The van der Waals surface area contributed by atoms with Gasteiger partial charge in [0.15, 0.2) is 6.10 Å². The SMILES string of the molecule is Cc1ccc2c(c1)OC(C(=O)NCCOc1ccccc1C)CN2S(=O)(=O)c1ccccc1. The van der Waals surface area contributed by atoms with Crippen molar-refractivity contribution in [3.8, 4) is 11.5 Å². The average Bonchev–Trinajstić information content (AvgIpc) is 2.82. The molecular weight excluding hydrogens is 440 g/mol. The number of para-hydroxylation sites is 1. The Morgan fingerprint density at radius 3 is 2.55 bits per heavy atom. The lowest BCUT2D eigenvalue weighted by Gasteiger charge is -2.35. The third-order valence-corrected chi connectivity index (χ3v) is 7.15. The Hall–Kier alpha value is -3.52. The van der Waals surface area contributed by atoms with Crippen molar-refractivity contribution < 1.29 is 22.7 Å². The fourth-order valence-electron chi connectivity index (χ4n) is 3.61. The van der Waals surface area contributed by atoms with Gasteiger partial charge in [-0.15, -0.1) is 0 Å². The summed E-state index contributed by atoms with van der Waals surface area (Å²) >= 11 is 0. The maximum Gasteiger partial charge on any atom is 0.264 e. The largest absolute Gasteiger partial charge is 0.491 e. The van der Waals surface area contributed by atoms with Gasteiger partial charge in [-0.05, 0) is 55.3 Å². The highest BCUT2D eigenvalue weighted by atomic mass is 32.2. The Kier molecular flexibility index (Phi) is 6.55.